The Bertz CT molecular complexity index is 1750. The molecule has 13 heteroatoms. The van der Waals surface area contributed by atoms with Crippen molar-refractivity contribution in [1.82, 2.24) is 0 Å². The Morgan fingerprint density at radius 2 is 1.61 bits per heavy atom. The molecule has 1 aliphatic carbocycles. The highest BCUT2D eigenvalue weighted by Crippen LogP contribution is 2.48. The fourth-order valence-corrected chi connectivity index (χ4v) is 6.78. The molecule has 0 unspecified atom stereocenters. The molecule has 3 heterocycles. The van der Waals surface area contributed by atoms with Gasteiger partial charge < -0.3 is 39.0 Å². The second-order valence-electron chi connectivity index (χ2n) is 13.5. The number of hydrogen-bond donors (Lipinski definition) is 3. The van der Waals surface area contributed by atoms with Gasteiger partial charge in [-0.2, -0.15) is 0 Å². The summed E-state index contributed by atoms with van der Waals surface area (Å²) in [7, 11) is 2.77. The van der Waals surface area contributed by atoms with Gasteiger partial charge in [-0.3, -0.25) is 19.2 Å². The number of phenols is 1. The number of nitrogens with zero attached hydrogens (tertiary/aromatic N) is 1. The van der Waals surface area contributed by atoms with Crippen LogP contribution in [0.15, 0.2) is 52.9 Å². The minimum Gasteiger partial charge on any atom is -0.507 e. The Hall–Kier alpha value is -4.59. The maximum absolute atomic E-state index is 13.9. The molecule has 13 nitrogen and oxygen atoms in total. The van der Waals surface area contributed by atoms with Gasteiger partial charge in [-0.25, -0.2) is 4.99 Å². The molecule has 5 bridgehead atoms. The van der Waals surface area contributed by atoms with Crippen molar-refractivity contribution in [3.63, 3.8) is 0 Å². The van der Waals surface area contributed by atoms with Crippen molar-refractivity contribution in [1.29, 1.82) is 0 Å². The molecule has 0 radical (unpaired) electrons. The molecule has 0 saturated heterocycles. The number of rotatable bonds is 2. The molecular weight excluding hydrogens is 662 g/mol. The number of benzene rings is 1. The van der Waals surface area contributed by atoms with E-state index in [1.165, 1.54) is 47.3 Å². The number of fused-ring (bicyclic) bond motifs is 13. The van der Waals surface area contributed by atoms with Crippen LogP contribution in [0.1, 0.15) is 85.1 Å². The predicted molar refractivity (Wildman–Crippen MR) is 186 cm³/mol. The molecule has 3 N–H and O–H groups in total. The van der Waals surface area contributed by atoms with Crippen LogP contribution in [0.25, 0.3) is 0 Å². The standard InChI is InChI=1S/C38H47NO12/c1-17-12-11-13-18(2)37(48-10)39-24-16-25(41)27-28(33(24)45)32(44)22(6)35-29(27)36(46)38(8,51-35)49-15-14-26(47-9)19(3)34(50-23(7)40)21(5)31(43)20(4)30(17)42/h11-17,19-21,26,30-31,34,42-44H,1-10H3/b12-11+,15-14+,18-13-,39-37?/t17-,19-,20-,21-,26+,30+,31-,34-,38+/m1/s1. The first kappa shape index (κ1) is 39.2. The van der Waals surface area contributed by atoms with Gasteiger partial charge in [-0.1, -0.05) is 45.9 Å². The minimum absolute atomic E-state index is 0.000290. The Morgan fingerprint density at radius 1 is 0.941 bits per heavy atom. The van der Waals surface area contributed by atoms with Gasteiger partial charge in [-0.05, 0) is 19.9 Å². The quantitative estimate of drug-likeness (QED) is 0.364. The zero-order valence-electron chi connectivity index (χ0n) is 30.5. The zero-order chi connectivity index (χ0) is 38.1. The number of phenolic OH excluding ortho intramolecular Hbond substituents is 1. The Kier molecular flexibility index (Phi) is 11.8. The van der Waals surface area contributed by atoms with E-state index >= 15 is 0 Å². The van der Waals surface area contributed by atoms with Crippen LogP contribution in [0.4, 0.5) is 0 Å². The van der Waals surface area contributed by atoms with Crippen molar-refractivity contribution in [3.05, 3.63) is 70.2 Å². The molecule has 0 aromatic heterocycles. The van der Waals surface area contributed by atoms with E-state index in [-0.39, 0.29) is 34.0 Å². The van der Waals surface area contributed by atoms with Crippen LogP contribution in [-0.4, -0.2) is 89.0 Å². The lowest BCUT2D eigenvalue weighted by molar-refractivity contribution is -0.160. The number of aliphatic hydroxyl groups is 2. The van der Waals surface area contributed by atoms with Crippen molar-refractivity contribution in [2.75, 3.05) is 14.2 Å². The number of ether oxygens (including phenoxy) is 5. The van der Waals surface area contributed by atoms with Gasteiger partial charge in [0.1, 0.15) is 23.3 Å². The summed E-state index contributed by atoms with van der Waals surface area (Å²) >= 11 is 0. The number of carbonyl (C=O) groups excluding carboxylic acids is 4. The minimum atomic E-state index is -2.01. The van der Waals surface area contributed by atoms with Crippen LogP contribution >= 0.6 is 0 Å². The van der Waals surface area contributed by atoms with Crippen molar-refractivity contribution in [3.8, 4) is 11.5 Å². The van der Waals surface area contributed by atoms with Crippen LogP contribution in [0, 0.1) is 30.6 Å². The fourth-order valence-electron chi connectivity index (χ4n) is 6.78. The molecule has 276 valence electrons. The van der Waals surface area contributed by atoms with Crippen molar-refractivity contribution in [2.24, 2.45) is 28.7 Å². The largest absolute Gasteiger partial charge is 0.507 e. The molecule has 0 saturated carbocycles. The van der Waals surface area contributed by atoms with Gasteiger partial charge in [0.25, 0.3) is 5.78 Å². The summed E-state index contributed by atoms with van der Waals surface area (Å²) in [6.45, 7) is 12.7. The molecule has 1 aromatic carbocycles. The van der Waals surface area contributed by atoms with Crippen molar-refractivity contribution >= 4 is 29.2 Å². The van der Waals surface area contributed by atoms with Crippen molar-refractivity contribution < 1.29 is 58.2 Å². The average Bonchev–Trinajstić information content (AvgIpc) is 3.35. The maximum Gasteiger partial charge on any atom is 0.312 e. The molecule has 3 aliphatic heterocycles. The molecule has 4 aliphatic rings. The lowest BCUT2D eigenvalue weighted by atomic mass is 9.78. The van der Waals surface area contributed by atoms with E-state index in [0.29, 0.717) is 5.57 Å². The normalized spacial score (nSPS) is 34.0. The van der Waals surface area contributed by atoms with Gasteiger partial charge >= 0.3 is 11.8 Å². The molecule has 9 atom stereocenters. The highest BCUT2D eigenvalue weighted by atomic mass is 16.7. The van der Waals surface area contributed by atoms with E-state index in [1.807, 2.05) is 0 Å². The number of aliphatic hydroxyl groups excluding tert-OH is 2. The smallest absolute Gasteiger partial charge is 0.312 e. The number of methoxy groups -OCH3 is 2. The molecule has 5 rings (SSSR count). The molecular formula is C38H47NO12. The summed E-state index contributed by atoms with van der Waals surface area (Å²) in [5, 5.41) is 33.9. The van der Waals surface area contributed by atoms with E-state index in [0.717, 1.165) is 6.08 Å². The number of Topliss-reactive ketones (excluding diaryl/α,β-unsaturated/α-hetero) is 2. The Labute approximate surface area is 297 Å². The van der Waals surface area contributed by atoms with Crippen LogP contribution in [-0.2, 0) is 23.7 Å². The number of esters is 1. The third-order valence-electron chi connectivity index (χ3n) is 9.93. The second-order valence-corrected chi connectivity index (χ2v) is 13.5. The van der Waals surface area contributed by atoms with E-state index in [4.69, 9.17) is 23.7 Å². The number of hydrogen-bond acceptors (Lipinski definition) is 13. The third-order valence-corrected chi connectivity index (χ3v) is 9.93. The summed E-state index contributed by atoms with van der Waals surface area (Å²) < 4.78 is 28.6. The molecule has 1 aromatic rings. The number of ketones is 3. The summed E-state index contributed by atoms with van der Waals surface area (Å²) in [6.07, 6.45) is 4.92. The van der Waals surface area contributed by atoms with E-state index in [9.17, 15) is 34.5 Å². The number of aromatic hydroxyl groups is 1. The van der Waals surface area contributed by atoms with E-state index < -0.39 is 88.5 Å². The van der Waals surface area contributed by atoms with Gasteiger partial charge in [0.15, 0.2) is 5.78 Å². The predicted octanol–water partition coefficient (Wildman–Crippen LogP) is 4.56. The number of carbonyl (C=O) groups is 4. The Morgan fingerprint density at radius 3 is 2.22 bits per heavy atom. The molecule has 0 fully saturated rings. The van der Waals surface area contributed by atoms with Gasteiger partial charge in [0.2, 0.25) is 11.7 Å². The lowest BCUT2D eigenvalue weighted by Crippen LogP contribution is -2.46. The molecule has 0 amide bonds. The van der Waals surface area contributed by atoms with E-state index in [1.54, 1.807) is 52.8 Å². The highest BCUT2D eigenvalue weighted by molar-refractivity contribution is 6.30. The first-order chi connectivity index (χ1) is 23.9. The number of aliphatic imine (C=N–C) groups is 1. The summed E-state index contributed by atoms with van der Waals surface area (Å²) in [5.74, 6) is -7.88. The van der Waals surface area contributed by atoms with Crippen LogP contribution in [0.5, 0.6) is 11.5 Å². The monoisotopic (exact) mass is 709 g/mol. The Balaban J connectivity index is 1.88. The highest BCUT2D eigenvalue weighted by Gasteiger charge is 2.51. The topological polar surface area (TPSA) is 187 Å². The zero-order valence-corrected chi connectivity index (χ0v) is 30.5. The number of allylic oxidation sites excluding steroid dienone is 4. The fraction of sp³-hybridized carbons (Fsp3) is 0.500. The van der Waals surface area contributed by atoms with Gasteiger partial charge in [0, 0.05) is 61.8 Å². The van der Waals surface area contributed by atoms with Gasteiger partial charge in [-0.15, -0.1) is 0 Å². The maximum atomic E-state index is 13.9. The van der Waals surface area contributed by atoms with Crippen LogP contribution < -0.4 is 4.74 Å². The third kappa shape index (κ3) is 7.42. The summed E-state index contributed by atoms with van der Waals surface area (Å²) in [4.78, 5) is 57.9. The lowest BCUT2D eigenvalue weighted by Gasteiger charge is -2.38. The van der Waals surface area contributed by atoms with Crippen molar-refractivity contribution in [2.45, 2.75) is 85.6 Å². The first-order valence-electron chi connectivity index (χ1n) is 16.7. The molecule has 51 heavy (non-hydrogen) atoms. The van der Waals surface area contributed by atoms with Crippen LogP contribution in [0.2, 0.25) is 0 Å². The van der Waals surface area contributed by atoms with Crippen LogP contribution in [0.3, 0.4) is 0 Å². The summed E-state index contributed by atoms with van der Waals surface area (Å²) in [5.41, 5.74) is -0.738. The average molecular weight is 710 g/mol. The first-order valence-corrected chi connectivity index (χ1v) is 16.7. The summed E-state index contributed by atoms with van der Waals surface area (Å²) in [6, 6.07) is 0. The second kappa shape index (κ2) is 15.3. The van der Waals surface area contributed by atoms with Gasteiger partial charge in [0.05, 0.1) is 48.4 Å². The molecule has 0 spiro atoms. The SMILES string of the molecule is COC1=NC2=CC(=O)c3c(c(O)c(C)c4c3C(=O)[C@@](C)(O/C=C/[C@H](OC)[C@@H](C)[C@@H](OC(C)=O)[C@H](C)[C@H](O)[C@H](C)[C@@H](O)[C@H](C)/C=C/C=C\1C)O4)C2=O. The van der Waals surface area contributed by atoms with E-state index in [2.05, 4.69) is 4.99 Å².